The third-order valence-electron chi connectivity index (χ3n) is 3.13. The third-order valence-corrected chi connectivity index (χ3v) is 3.13. The molecular formula is C14H18N4O3. The molecule has 7 nitrogen and oxygen atoms in total. The van der Waals surface area contributed by atoms with Crippen LogP contribution in [0.15, 0.2) is 30.9 Å². The molecule has 21 heavy (non-hydrogen) atoms. The molecule has 0 saturated heterocycles. The maximum absolute atomic E-state index is 5.69. The number of hydrogen-bond acceptors (Lipinski definition) is 7. The van der Waals surface area contributed by atoms with E-state index in [2.05, 4.69) is 15.4 Å². The predicted molar refractivity (Wildman–Crippen MR) is 77.3 cm³/mol. The molecule has 0 spiro atoms. The van der Waals surface area contributed by atoms with Crippen molar-refractivity contribution in [2.45, 2.75) is 6.04 Å². The summed E-state index contributed by atoms with van der Waals surface area (Å²) in [4.78, 5) is 8.01. The van der Waals surface area contributed by atoms with Crippen molar-refractivity contribution in [1.82, 2.24) is 15.4 Å². The Morgan fingerprint density at radius 3 is 2.05 bits per heavy atom. The van der Waals surface area contributed by atoms with Crippen LogP contribution in [0, 0.1) is 0 Å². The Morgan fingerprint density at radius 1 is 0.952 bits per heavy atom. The van der Waals surface area contributed by atoms with E-state index in [4.69, 9.17) is 20.1 Å². The minimum atomic E-state index is -0.332. The summed E-state index contributed by atoms with van der Waals surface area (Å²) in [5, 5.41) is 0. The van der Waals surface area contributed by atoms with Gasteiger partial charge in [0.25, 0.3) is 0 Å². The Bertz CT molecular complexity index is 592. The molecule has 0 aliphatic carbocycles. The second kappa shape index (κ2) is 6.87. The number of ether oxygens (including phenoxy) is 3. The van der Waals surface area contributed by atoms with Crippen LogP contribution >= 0.6 is 0 Å². The first-order valence-electron chi connectivity index (χ1n) is 6.26. The monoisotopic (exact) mass is 290 g/mol. The third kappa shape index (κ3) is 3.04. The molecule has 7 heteroatoms. The predicted octanol–water partition coefficient (Wildman–Crippen LogP) is 1.06. The van der Waals surface area contributed by atoms with E-state index >= 15 is 0 Å². The average Bonchev–Trinajstić information content (AvgIpc) is 2.56. The molecule has 2 aromatic rings. The van der Waals surface area contributed by atoms with E-state index in [1.165, 1.54) is 6.33 Å². The lowest BCUT2D eigenvalue weighted by atomic mass is 10.00. The fourth-order valence-electron chi connectivity index (χ4n) is 2.10. The summed E-state index contributed by atoms with van der Waals surface area (Å²) in [6.45, 7) is 0. The van der Waals surface area contributed by atoms with Gasteiger partial charge in [0.15, 0.2) is 11.5 Å². The van der Waals surface area contributed by atoms with Gasteiger partial charge in [-0.25, -0.2) is 15.4 Å². The Kier molecular flexibility index (Phi) is 4.91. The molecule has 1 unspecified atom stereocenters. The van der Waals surface area contributed by atoms with Gasteiger partial charge in [-0.05, 0) is 6.07 Å². The Balaban J connectivity index is 2.54. The van der Waals surface area contributed by atoms with Crippen molar-refractivity contribution in [3.63, 3.8) is 0 Å². The van der Waals surface area contributed by atoms with Crippen LogP contribution in [-0.2, 0) is 0 Å². The van der Waals surface area contributed by atoms with Gasteiger partial charge in [-0.15, -0.1) is 0 Å². The number of methoxy groups -OCH3 is 3. The molecule has 1 heterocycles. The Hall–Kier alpha value is -2.38. The highest BCUT2D eigenvalue weighted by Crippen LogP contribution is 2.38. The van der Waals surface area contributed by atoms with Gasteiger partial charge < -0.3 is 14.2 Å². The second-order valence-corrected chi connectivity index (χ2v) is 4.22. The van der Waals surface area contributed by atoms with Gasteiger partial charge in [-0.1, -0.05) is 0 Å². The molecule has 1 aromatic carbocycles. The first-order chi connectivity index (χ1) is 10.2. The lowest BCUT2D eigenvalue weighted by Gasteiger charge is -2.21. The summed E-state index contributed by atoms with van der Waals surface area (Å²) < 4.78 is 16.0. The van der Waals surface area contributed by atoms with Crippen LogP contribution in [0.2, 0.25) is 0 Å². The zero-order valence-corrected chi connectivity index (χ0v) is 12.2. The van der Waals surface area contributed by atoms with Gasteiger partial charge in [-0.2, -0.15) is 0 Å². The van der Waals surface area contributed by atoms with Gasteiger partial charge >= 0.3 is 0 Å². The summed E-state index contributed by atoms with van der Waals surface area (Å²) >= 11 is 0. The summed E-state index contributed by atoms with van der Waals surface area (Å²) in [5.41, 5.74) is 4.35. The number of rotatable bonds is 6. The zero-order chi connectivity index (χ0) is 15.2. The van der Waals surface area contributed by atoms with E-state index in [0.29, 0.717) is 17.2 Å². The largest absolute Gasteiger partial charge is 0.496 e. The summed E-state index contributed by atoms with van der Waals surface area (Å²) in [5.74, 6) is 7.48. The molecular weight excluding hydrogens is 272 g/mol. The number of nitrogens with two attached hydrogens (primary N) is 1. The van der Waals surface area contributed by atoms with Crippen molar-refractivity contribution in [1.29, 1.82) is 0 Å². The van der Waals surface area contributed by atoms with Crippen LogP contribution in [0.25, 0.3) is 0 Å². The summed E-state index contributed by atoms with van der Waals surface area (Å²) in [7, 11) is 4.73. The molecule has 3 N–H and O–H groups in total. The highest BCUT2D eigenvalue weighted by atomic mass is 16.5. The minimum absolute atomic E-state index is 0.332. The summed E-state index contributed by atoms with van der Waals surface area (Å²) in [6.07, 6.45) is 4.84. The normalized spacial score (nSPS) is 11.8. The lowest BCUT2D eigenvalue weighted by Crippen LogP contribution is -2.29. The molecule has 2 rings (SSSR count). The molecule has 1 atom stereocenters. The van der Waals surface area contributed by atoms with E-state index in [0.717, 1.165) is 11.1 Å². The molecule has 0 radical (unpaired) electrons. The number of nitrogens with zero attached hydrogens (tertiary/aromatic N) is 2. The minimum Gasteiger partial charge on any atom is -0.496 e. The Morgan fingerprint density at radius 2 is 1.52 bits per heavy atom. The van der Waals surface area contributed by atoms with Crippen LogP contribution in [0.1, 0.15) is 17.2 Å². The van der Waals surface area contributed by atoms with Gasteiger partial charge in [0.2, 0.25) is 0 Å². The van der Waals surface area contributed by atoms with Crippen molar-refractivity contribution in [3.05, 3.63) is 42.0 Å². The van der Waals surface area contributed by atoms with Gasteiger partial charge in [0.1, 0.15) is 12.1 Å². The highest BCUT2D eigenvalue weighted by Gasteiger charge is 2.21. The first-order valence-corrected chi connectivity index (χ1v) is 6.26. The van der Waals surface area contributed by atoms with Gasteiger partial charge in [-0.3, -0.25) is 5.84 Å². The van der Waals surface area contributed by atoms with Crippen LogP contribution in [0.3, 0.4) is 0 Å². The average molecular weight is 290 g/mol. The molecule has 0 saturated carbocycles. The van der Waals surface area contributed by atoms with Crippen LogP contribution in [0.5, 0.6) is 17.2 Å². The number of benzene rings is 1. The van der Waals surface area contributed by atoms with Crippen molar-refractivity contribution < 1.29 is 14.2 Å². The standard InChI is InChI=1S/C14H18N4O3/c1-19-11-5-13(21-3)12(20-2)4-10(11)14(18-15)9-6-16-8-17-7-9/h4-8,14,18H,15H2,1-3H3. The van der Waals surface area contributed by atoms with E-state index < -0.39 is 0 Å². The molecule has 1 aromatic heterocycles. The van der Waals surface area contributed by atoms with Gasteiger partial charge in [0.05, 0.1) is 27.4 Å². The molecule has 0 aliphatic rings. The maximum Gasteiger partial charge on any atom is 0.164 e. The smallest absolute Gasteiger partial charge is 0.164 e. The van der Waals surface area contributed by atoms with E-state index in [-0.39, 0.29) is 6.04 Å². The number of hydrazine groups is 1. The Labute approximate surface area is 123 Å². The van der Waals surface area contributed by atoms with Crippen molar-refractivity contribution in [2.24, 2.45) is 5.84 Å². The van der Waals surface area contributed by atoms with E-state index in [9.17, 15) is 0 Å². The zero-order valence-electron chi connectivity index (χ0n) is 12.2. The first kappa shape index (κ1) is 15.0. The summed E-state index contributed by atoms with van der Waals surface area (Å²) in [6, 6.07) is 3.23. The van der Waals surface area contributed by atoms with Crippen molar-refractivity contribution >= 4 is 0 Å². The molecule has 0 bridgehead atoms. The fourth-order valence-corrected chi connectivity index (χ4v) is 2.10. The van der Waals surface area contributed by atoms with Gasteiger partial charge in [0, 0.05) is 29.6 Å². The fraction of sp³-hybridized carbons (Fsp3) is 0.286. The number of nitrogens with one attached hydrogen (secondary N) is 1. The number of aromatic nitrogens is 2. The van der Waals surface area contributed by atoms with Crippen molar-refractivity contribution in [2.75, 3.05) is 21.3 Å². The van der Waals surface area contributed by atoms with Crippen LogP contribution < -0.4 is 25.5 Å². The quantitative estimate of drug-likeness (QED) is 0.607. The number of hydrogen-bond donors (Lipinski definition) is 2. The molecule has 0 amide bonds. The van der Waals surface area contributed by atoms with E-state index in [1.54, 1.807) is 39.8 Å². The van der Waals surface area contributed by atoms with E-state index in [1.807, 2.05) is 6.07 Å². The highest BCUT2D eigenvalue weighted by molar-refractivity contribution is 5.53. The SMILES string of the molecule is COc1cc(OC)c(C(NN)c2cncnc2)cc1OC. The maximum atomic E-state index is 5.69. The second-order valence-electron chi connectivity index (χ2n) is 4.22. The molecule has 112 valence electrons. The molecule has 0 aliphatic heterocycles. The van der Waals surface area contributed by atoms with Crippen molar-refractivity contribution in [3.8, 4) is 17.2 Å². The lowest BCUT2D eigenvalue weighted by molar-refractivity contribution is 0.346. The topological polar surface area (TPSA) is 91.5 Å². The van der Waals surface area contributed by atoms with Crippen LogP contribution in [-0.4, -0.2) is 31.3 Å². The van der Waals surface area contributed by atoms with Crippen LogP contribution in [0.4, 0.5) is 0 Å². The molecule has 0 fully saturated rings.